The zero-order chi connectivity index (χ0) is 15.2. The van der Waals surface area contributed by atoms with Gasteiger partial charge in [-0.3, -0.25) is 0 Å². The average molecular weight is 294 g/mol. The molecule has 1 unspecified atom stereocenters. The van der Waals surface area contributed by atoms with E-state index in [9.17, 15) is 0 Å². The van der Waals surface area contributed by atoms with Crippen molar-refractivity contribution >= 4 is 17.8 Å². The van der Waals surface area contributed by atoms with Gasteiger partial charge in [0.2, 0.25) is 17.8 Å². The fraction of sp³-hybridized carbons (Fsp3) is 0.786. The number of hydrogen-bond donors (Lipinski definition) is 2. The van der Waals surface area contributed by atoms with Crippen LogP contribution in [-0.2, 0) is 4.74 Å². The van der Waals surface area contributed by atoms with Crippen LogP contribution < -0.4 is 15.5 Å². The van der Waals surface area contributed by atoms with Crippen molar-refractivity contribution in [1.82, 2.24) is 15.0 Å². The van der Waals surface area contributed by atoms with Gasteiger partial charge < -0.3 is 20.3 Å². The Balaban J connectivity index is 2.09. The maximum Gasteiger partial charge on any atom is 0.231 e. The Hall–Kier alpha value is -1.63. The highest BCUT2D eigenvalue weighted by Gasteiger charge is 2.21. The summed E-state index contributed by atoms with van der Waals surface area (Å²) in [7, 11) is 3.85. The van der Waals surface area contributed by atoms with Crippen molar-refractivity contribution in [3.8, 4) is 0 Å². The molecule has 1 fully saturated rings. The average Bonchev–Trinajstić information content (AvgIpc) is 2.48. The molecule has 2 heterocycles. The molecule has 1 aromatic heterocycles. The smallest absolute Gasteiger partial charge is 0.231 e. The van der Waals surface area contributed by atoms with Crippen LogP contribution in [0.1, 0.15) is 26.7 Å². The number of ether oxygens (including phenoxy) is 1. The highest BCUT2D eigenvalue weighted by molar-refractivity contribution is 5.43. The van der Waals surface area contributed by atoms with E-state index in [0.29, 0.717) is 29.8 Å². The molecule has 2 rings (SSSR count). The van der Waals surface area contributed by atoms with Crippen LogP contribution in [0.25, 0.3) is 0 Å². The zero-order valence-electron chi connectivity index (χ0n) is 13.4. The van der Waals surface area contributed by atoms with Crippen LogP contribution in [-0.4, -0.2) is 54.8 Å². The third-order valence-corrected chi connectivity index (χ3v) is 3.69. The molecule has 2 N–H and O–H groups in total. The van der Waals surface area contributed by atoms with Gasteiger partial charge in [0, 0.05) is 39.9 Å². The van der Waals surface area contributed by atoms with Gasteiger partial charge in [0.25, 0.3) is 0 Å². The standard InChI is InChI=1S/C14H26N6O/c1-5-15-12-17-13(19-14(18-12)20(3)4)16-10(2)11-6-8-21-9-7-11/h10-11H,5-9H2,1-4H3,(H2,15,16,17,18,19). The van der Waals surface area contributed by atoms with E-state index in [1.807, 2.05) is 25.9 Å². The lowest BCUT2D eigenvalue weighted by Gasteiger charge is -2.28. The highest BCUT2D eigenvalue weighted by Crippen LogP contribution is 2.21. The second-order valence-electron chi connectivity index (χ2n) is 5.59. The third-order valence-electron chi connectivity index (χ3n) is 3.69. The molecule has 21 heavy (non-hydrogen) atoms. The van der Waals surface area contributed by atoms with Gasteiger partial charge in [-0.05, 0) is 32.6 Å². The molecule has 0 spiro atoms. The second kappa shape index (κ2) is 7.40. The summed E-state index contributed by atoms with van der Waals surface area (Å²) in [6.07, 6.45) is 2.17. The topological polar surface area (TPSA) is 75.2 Å². The number of nitrogens with zero attached hydrogens (tertiary/aromatic N) is 4. The lowest BCUT2D eigenvalue weighted by atomic mass is 9.93. The lowest BCUT2D eigenvalue weighted by Crippen LogP contribution is -2.32. The van der Waals surface area contributed by atoms with Gasteiger partial charge in [-0.15, -0.1) is 0 Å². The molecule has 1 saturated heterocycles. The van der Waals surface area contributed by atoms with E-state index in [1.165, 1.54) is 0 Å². The maximum absolute atomic E-state index is 5.42. The third kappa shape index (κ3) is 4.42. The van der Waals surface area contributed by atoms with Crippen molar-refractivity contribution < 1.29 is 4.74 Å². The predicted octanol–water partition coefficient (Wildman–Crippen LogP) is 1.60. The molecule has 0 radical (unpaired) electrons. The van der Waals surface area contributed by atoms with Crippen LogP contribution in [0.4, 0.5) is 17.8 Å². The second-order valence-corrected chi connectivity index (χ2v) is 5.59. The van der Waals surface area contributed by atoms with Gasteiger partial charge in [-0.2, -0.15) is 15.0 Å². The maximum atomic E-state index is 5.42. The van der Waals surface area contributed by atoms with E-state index in [4.69, 9.17) is 4.74 Å². The molecular formula is C14H26N6O. The Bertz CT molecular complexity index is 447. The zero-order valence-corrected chi connectivity index (χ0v) is 13.4. The first-order chi connectivity index (χ1) is 10.1. The number of hydrogen-bond acceptors (Lipinski definition) is 7. The van der Waals surface area contributed by atoms with Crippen molar-refractivity contribution in [3.05, 3.63) is 0 Å². The Morgan fingerprint density at radius 3 is 2.48 bits per heavy atom. The van der Waals surface area contributed by atoms with Crippen molar-refractivity contribution in [3.63, 3.8) is 0 Å². The first-order valence-corrected chi connectivity index (χ1v) is 7.61. The molecule has 118 valence electrons. The normalized spacial score (nSPS) is 17.3. The fourth-order valence-corrected chi connectivity index (χ4v) is 2.40. The summed E-state index contributed by atoms with van der Waals surface area (Å²) >= 11 is 0. The van der Waals surface area contributed by atoms with Crippen molar-refractivity contribution in [1.29, 1.82) is 0 Å². The van der Waals surface area contributed by atoms with Crippen LogP contribution in [0.2, 0.25) is 0 Å². The number of aromatic nitrogens is 3. The summed E-state index contributed by atoms with van der Waals surface area (Å²) in [4.78, 5) is 15.2. The Morgan fingerprint density at radius 1 is 1.19 bits per heavy atom. The molecule has 7 heteroatoms. The lowest BCUT2D eigenvalue weighted by molar-refractivity contribution is 0.0621. The number of nitrogens with one attached hydrogen (secondary N) is 2. The summed E-state index contributed by atoms with van der Waals surface area (Å²) in [5.41, 5.74) is 0. The van der Waals surface area contributed by atoms with Crippen LogP contribution in [0.3, 0.4) is 0 Å². The van der Waals surface area contributed by atoms with Gasteiger partial charge in [0.05, 0.1) is 0 Å². The van der Waals surface area contributed by atoms with Crippen LogP contribution in [0.5, 0.6) is 0 Å². The van der Waals surface area contributed by atoms with Crippen LogP contribution >= 0.6 is 0 Å². The summed E-state index contributed by atoms with van der Waals surface area (Å²) in [6.45, 7) is 6.68. The fourth-order valence-electron chi connectivity index (χ4n) is 2.40. The number of rotatable bonds is 6. The first kappa shape index (κ1) is 15.8. The molecule has 1 aliphatic heterocycles. The number of anilines is 3. The summed E-state index contributed by atoms with van der Waals surface area (Å²) in [5, 5.41) is 6.57. The molecule has 0 amide bonds. The van der Waals surface area contributed by atoms with E-state index >= 15 is 0 Å². The molecule has 0 bridgehead atoms. The van der Waals surface area contributed by atoms with Gasteiger partial charge in [-0.25, -0.2) is 0 Å². The van der Waals surface area contributed by atoms with E-state index < -0.39 is 0 Å². The first-order valence-electron chi connectivity index (χ1n) is 7.61. The largest absolute Gasteiger partial charge is 0.381 e. The van der Waals surface area contributed by atoms with Crippen LogP contribution in [0.15, 0.2) is 0 Å². The molecule has 1 aliphatic rings. The van der Waals surface area contributed by atoms with Crippen molar-refractivity contribution in [2.45, 2.75) is 32.7 Å². The Labute approximate surface area is 126 Å². The van der Waals surface area contributed by atoms with E-state index in [-0.39, 0.29) is 0 Å². The van der Waals surface area contributed by atoms with Crippen LogP contribution in [0, 0.1) is 5.92 Å². The SMILES string of the molecule is CCNc1nc(NC(C)C2CCOCC2)nc(N(C)C)n1. The molecule has 7 nitrogen and oxygen atoms in total. The van der Waals surface area contributed by atoms with Crippen molar-refractivity contribution in [2.24, 2.45) is 5.92 Å². The van der Waals surface area contributed by atoms with Gasteiger partial charge >= 0.3 is 0 Å². The van der Waals surface area contributed by atoms with Gasteiger partial charge in [0.1, 0.15) is 0 Å². The van der Waals surface area contributed by atoms with Gasteiger partial charge in [0.15, 0.2) is 0 Å². The molecule has 0 aromatic carbocycles. The minimum Gasteiger partial charge on any atom is -0.381 e. The molecule has 1 aromatic rings. The van der Waals surface area contributed by atoms with Crippen molar-refractivity contribution in [2.75, 3.05) is 49.4 Å². The minimum absolute atomic E-state index is 0.320. The van der Waals surface area contributed by atoms with E-state index in [1.54, 1.807) is 0 Å². The molecule has 1 atom stereocenters. The highest BCUT2D eigenvalue weighted by atomic mass is 16.5. The predicted molar refractivity (Wildman–Crippen MR) is 84.9 cm³/mol. The Morgan fingerprint density at radius 2 is 1.86 bits per heavy atom. The molecule has 0 aliphatic carbocycles. The Kier molecular flexibility index (Phi) is 5.55. The molecule has 0 saturated carbocycles. The molecular weight excluding hydrogens is 268 g/mol. The minimum atomic E-state index is 0.320. The summed E-state index contributed by atoms with van der Waals surface area (Å²) < 4.78 is 5.42. The monoisotopic (exact) mass is 294 g/mol. The summed E-state index contributed by atoms with van der Waals surface area (Å²) in [6, 6.07) is 0.320. The quantitative estimate of drug-likeness (QED) is 0.825. The summed E-state index contributed by atoms with van der Waals surface area (Å²) in [5.74, 6) is 2.49. The van der Waals surface area contributed by atoms with Gasteiger partial charge in [-0.1, -0.05) is 0 Å². The van der Waals surface area contributed by atoms with E-state index in [2.05, 4.69) is 32.5 Å². The van der Waals surface area contributed by atoms with E-state index in [0.717, 1.165) is 32.6 Å².